The third kappa shape index (κ3) is 5.20. The van der Waals surface area contributed by atoms with Gasteiger partial charge in [0.15, 0.2) is 9.84 Å². The number of carbonyl (C=O) groups excluding carboxylic acids is 1. The summed E-state index contributed by atoms with van der Waals surface area (Å²) in [4.78, 5) is 12.5. The van der Waals surface area contributed by atoms with Gasteiger partial charge in [-0.2, -0.15) is 0 Å². The molecule has 0 saturated heterocycles. The highest BCUT2D eigenvalue weighted by molar-refractivity contribution is 7.92. The van der Waals surface area contributed by atoms with Gasteiger partial charge in [0.05, 0.1) is 22.1 Å². The molecule has 0 saturated carbocycles. The van der Waals surface area contributed by atoms with Gasteiger partial charge in [0.25, 0.3) is 0 Å². The maximum atomic E-state index is 12.5. The Morgan fingerprint density at radius 3 is 2.47 bits per heavy atom. The SMILES string of the molecule is CCCS(=O)(=O)N1CCCc2cc(NC(=O)CCS(=O)(=O)c3ccccc3)ccc21. The quantitative estimate of drug-likeness (QED) is 0.666. The van der Waals surface area contributed by atoms with Crippen molar-refractivity contribution in [1.29, 1.82) is 0 Å². The summed E-state index contributed by atoms with van der Waals surface area (Å²) in [7, 11) is -6.88. The third-order valence-corrected chi connectivity index (χ3v) is 8.64. The van der Waals surface area contributed by atoms with E-state index in [-0.39, 0.29) is 22.8 Å². The van der Waals surface area contributed by atoms with Gasteiger partial charge in [-0.25, -0.2) is 16.8 Å². The third-order valence-electron chi connectivity index (χ3n) is 4.94. The van der Waals surface area contributed by atoms with Crippen molar-refractivity contribution in [3.63, 3.8) is 0 Å². The van der Waals surface area contributed by atoms with Crippen LogP contribution in [0.25, 0.3) is 0 Å². The zero-order chi connectivity index (χ0) is 21.8. The van der Waals surface area contributed by atoms with E-state index < -0.39 is 25.8 Å². The van der Waals surface area contributed by atoms with Crippen LogP contribution in [0.3, 0.4) is 0 Å². The maximum Gasteiger partial charge on any atom is 0.235 e. The highest BCUT2D eigenvalue weighted by atomic mass is 32.2. The summed E-state index contributed by atoms with van der Waals surface area (Å²) in [5.74, 6) is -0.585. The molecule has 0 spiro atoms. The van der Waals surface area contributed by atoms with Crippen LogP contribution < -0.4 is 9.62 Å². The Bertz CT molecular complexity index is 1110. The number of amides is 1. The smallest absolute Gasteiger partial charge is 0.235 e. The molecular formula is C21H26N2O5S2. The molecule has 3 rings (SSSR count). The van der Waals surface area contributed by atoms with Crippen molar-refractivity contribution in [3.05, 3.63) is 54.1 Å². The number of hydrogen-bond acceptors (Lipinski definition) is 5. The molecular weight excluding hydrogens is 424 g/mol. The van der Waals surface area contributed by atoms with Gasteiger partial charge in [-0.05, 0) is 55.2 Å². The molecule has 0 radical (unpaired) electrons. The standard InChI is InChI=1S/C21H26N2O5S2/c1-2-14-30(27,28)23-13-6-7-17-16-18(10-11-20(17)23)22-21(24)12-15-29(25,26)19-8-4-3-5-9-19/h3-5,8-11,16H,2,6-7,12-15H2,1H3,(H,22,24). The number of anilines is 2. The number of sulfonamides is 1. The molecule has 2 aromatic carbocycles. The molecule has 1 aliphatic heterocycles. The lowest BCUT2D eigenvalue weighted by atomic mass is 10.0. The van der Waals surface area contributed by atoms with Crippen LogP contribution in [-0.2, 0) is 31.1 Å². The number of fused-ring (bicyclic) bond motifs is 1. The summed E-state index contributed by atoms with van der Waals surface area (Å²) in [6.45, 7) is 2.29. The van der Waals surface area contributed by atoms with E-state index in [4.69, 9.17) is 0 Å². The number of hydrogen-bond donors (Lipinski definition) is 1. The average Bonchev–Trinajstić information content (AvgIpc) is 2.72. The van der Waals surface area contributed by atoms with E-state index in [1.54, 1.807) is 36.4 Å². The molecule has 1 aliphatic rings. The summed E-state index contributed by atoms with van der Waals surface area (Å²) in [6.07, 6.45) is 1.82. The van der Waals surface area contributed by atoms with Crippen LogP contribution in [0.2, 0.25) is 0 Å². The highest BCUT2D eigenvalue weighted by Gasteiger charge is 2.27. The van der Waals surface area contributed by atoms with E-state index in [9.17, 15) is 21.6 Å². The Balaban J connectivity index is 1.67. The predicted molar refractivity (Wildman–Crippen MR) is 118 cm³/mol. The Hall–Kier alpha value is -2.39. The van der Waals surface area contributed by atoms with Crippen molar-refractivity contribution in [2.24, 2.45) is 0 Å². The van der Waals surface area contributed by atoms with Crippen molar-refractivity contribution in [2.75, 3.05) is 27.7 Å². The monoisotopic (exact) mass is 450 g/mol. The lowest BCUT2D eigenvalue weighted by Crippen LogP contribution is -2.37. The molecule has 0 fully saturated rings. The summed E-state index contributed by atoms with van der Waals surface area (Å²) < 4.78 is 51.1. The number of nitrogens with one attached hydrogen (secondary N) is 1. The Labute approximate surface area is 178 Å². The number of rotatable bonds is 8. The van der Waals surface area contributed by atoms with Crippen LogP contribution in [-0.4, -0.2) is 40.8 Å². The predicted octanol–water partition coefficient (Wildman–Crippen LogP) is 2.98. The van der Waals surface area contributed by atoms with Crippen LogP contribution in [0, 0.1) is 0 Å². The molecule has 9 heteroatoms. The van der Waals surface area contributed by atoms with Crippen LogP contribution in [0.1, 0.15) is 31.7 Å². The molecule has 0 bridgehead atoms. The summed E-state index contributed by atoms with van der Waals surface area (Å²) in [5.41, 5.74) is 2.04. The van der Waals surface area contributed by atoms with Crippen molar-refractivity contribution in [3.8, 4) is 0 Å². The van der Waals surface area contributed by atoms with Crippen LogP contribution in [0.5, 0.6) is 0 Å². The number of benzene rings is 2. The molecule has 0 aromatic heterocycles. The van der Waals surface area contributed by atoms with E-state index in [0.29, 0.717) is 30.8 Å². The molecule has 0 atom stereocenters. The summed E-state index contributed by atoms with van der Waals surface area (Å²) in [5, 5.41) is 2.72. The molecule has 0 unspecified atom stereocenters. The highest BCUT2D eigenvalue weighted by Crippen LogP contribution is 2.32. The fraction of sp³-hybridized carbons (Fsp3) is 0.381. The van der Waals surface area contributed by atoms with E-state index >= 15 is 0 Å². The van der Waals surface area contributed by atoms with Gasteiger partial charge in [-0.1, -0.05) is 25.1 Å². The second-order valence-electron chi connectivity index (χ2n) is 7.27. The lowest BCUT2D eigenvalue weighted by Gasteiger charge is -2.30. The first-order valence-corrected chi connectivity index (χ1v) is 13.2. The number of sulfone groups is 1. The Morgan fingerprint density at radius 2 is 1.77 bits per heavy atom. The average molecular weight is 451 g/mol. The first kappa shape index (κ1) is 22.3. The minimum atomic E-state index is -3.53. The molecule has 162 valence electrons. The van der Waals surface area contributed by atoms with Gasteiger partial charge in [0.1, 0.15) is 0 Å². The fourth-order valence-electron chi connectivity index (χ4n) is 3.49. The largest absolute Gasteiger partial charge is 0.326 e. The number of carbonyl (C=O) groups is 1. The van der Waals surface area contributed by atoms with Crippen molar-refractivity contribution >= 4 is 37.1 Å². The van der Waals surface area contributed by atoms with Gasteiger partial charge in [0, 0.05) is 18.7 Å². The zero-order valence-electron chi connectivity index (χ0n) is 16.9. The van der Waals surface area contributed by atoms with Gasteiger partial charge in [-0.15, -0.1) is 0 Å². The topological polar surface area (TPSA) is 101 Å². The first-order valence-electron chi connectivity index (χ1n) is 9.94. The lowest BCUT2D eigenvalue weighted by molar-refractivity contribution is -0.115. The maximum absolute atomic E-state index is 12.5. The summed E-state index contributed by atoms with van der Waals surface area (Å²) >= 11 is 0. The molecule has 2 aromatic rings. The van der Waals surface area contributed by atoms with E-state index in [1.165, 1.54) is 16.4 Å². The van der Waals surface area contributed by atoms with Crippen molar-refractivity contribution < 1.29 is 21.6 Å². The van der Waals surface area contributed by atoms with Gasteiger partial charge in [-0.3, -0.25) is 9.10 Å². The minimum absolute atomic E-state index is 0.0980. The molecule has 0 aliphatic carbocycles. The zero-order valence-corrected chi connectivity index (χ0v) is 18.5. The Morgan fingerprint density at radius 1 is 1.03 bits per heavy atom. The second-order valence-corrected chi connectivity index (χ2v) is 11.4. The molecule has 7 nitrogen and oxygen atoms in total. The van der Waals surface area contributed by atoms with Crippen LogP contribution in [0.4, 0.5) is 11.4 Å². The van der Waals surface area contributed by atoms with Gasteiger partial charge < -0.3 is 5.32 Å². The molecule has 1 N–H and O–H groups in total. The molecule has 1 heterocycles. The van der Waals surface area contributed by atoms with E-state index in [1.807, 2.05) is 6.92 Å². The van der Waals surface area contributed by atoms with Gasteiger partial charge in [0.2, 0.25) is 15.9 Å². The minimum Gasteiger partial charge on any atom is -0.326 e. The Kier molecular flexibility index (Phi) is 6.82. The van der Waals surface area contributed by atoms with Crippen LogP contribution in [0.15, 0.2) is 53.4 Å². The van der Waals surface area contributed by atoms with Crippen molar-refractivity contribution in [1.82, 2.24) is 0 Å². The second kappa shape index (κ2) is 9.18. The van der Waals surface area contributed by atoms with E-state index in [0.717, 1.165) is 12.0 Å². The number of aryl methyl sites for hydroxylation is 1. The van der Waals surface area contributed by atoms with Crippen molar-refractivity contribution in [2.45, 2.75) is 37.5 Å². The summed E-state index contributed by atoms with van der Waals surface area (Å²) in [6, 6.07) is 13.2. The molecule has 30 heavy (non-hydrogen) atoms. The first-order chi connectivity index (χ1) is 14.2. The number of nitrogens with zero attached hydrogens (tertiary/aromatic N) is 1. The normalized spacial score (nSPS) is 14.2. The molecule has 1 amide bonds. The van der Waals surface area contributed by atoms with Gasteiger partial charge >= 0.3 is 0 Å². The fourth-order valence-corrected chi connectivity index (χ4v) is 6.38. The van der Waals surface area contributed by atoms with E-state index in [2.05, 4.69) is 5.32 Å². The van der Waals surface area contributed by atoms with Crippen LogP contribution >= 0.6 is 0 Å².